The Hall–Kier alpha value is -3.78. The number of aliphatic carboxylic acids is 1. The summed E-state index contributed by atoms with van der Waals surface area (Å²) in [6.07, 6.45) is 1.84. The zero-order valence-electron chi connectivity index (χ0n) is 19.8. The Labute approximate surface area is 202 Å². The maximum Gasteiger partial charge on any atom is 0.324 e. The van der Waals surface area contributed by atoms with E-state index in [0.29, 0.717) is 16.8 Å². The summed E-state index contributed by atoms with van der Waals surface area (Å²) in [5.41, 5.74) is 0.0975. The Morgan fingerprint density at radius 3 is 2.31 bits per heavy atom. The highest BCUT2D eigenvalue weighted by Gasteiger charge is 2.68. The summed E-state index contributed by atoms with van der Waals surface area (Å²) in [5, 5.41) is 14.5. The number of amides is 2. The molecule has 2 N–H and O–H groups in total. The number of aromatic nitrogens is 1. The molecule has 8 heteroatoms. The Kier molecular flexibility index (Phi) is 5.36. The lowest BCUT2D eigenvalue weighted by Crippen LogP contribution is -2.56. The predicted molar refractivity (Wildman–Crippen MR) is 130 cm³/mol. The molecule has 4 unspecified atom stereocenters. The van der Waals surface area contributed by atoms with Crippen molar-refractivity contribution < 1.29 is 24.3 Å². The van der Waals surface area contributed by atoms with E-state index in [-0.39, 0.29) is 18.2 Å². The van der Waals surface area contributed by atoms with Gasteiger partial charge in [-0.1, -0.05) is 50.2 Å². The zero-order valence-corrected chi connectivity index (χ0v) is 19.8. The van der Waals surface area contributed by atoms with Crippen LogP contribution in [0.5, 0.6) is 0 Å². The number of carbonyl (C=O) groups is 4. The second kappa shape index (κ2) is 8.16. The molecule has 2 saturated heterocycles. The third kappa shape index (κ3) is 3.31. The van der Waals surface area contributed by atoms with E-state index in [1.807, 2.05) is 38.1 Å². The van der Waals surface area contributed by atoms with Crippen LogP contribution >= 0.6 is 0 Å². The molecular formula is C27H27N3O5. The summed E-state index contributed by atoms with van der Waals surface area (Å²) >= 11 is 0. The van der Waals surface area contributed by atoms with Gasteiger partial charge >= 0.3 is 5.97 Å². The molecule has 0 radical (unpaired) electrons. The van der Waals surface area contributed by atoms with Gasteiger partial charge in [0.15, 0.2) is 0 Å². The first-order valence-corrected chi connectivity index (χ1v) is 11.7. The van der Waals surface area contributed by atoms with E-state index in [0.717, 1.165) is 10.3 Å². The first-order valence-electron chi connectivity index (χ1n) is 11.7. The molecule has 0 spiro atoms. The number of hydrogen-bond acceptors (Lipinski definition) is 5. The number of benzene rings is 2. The number of carboxylic acid groups (broad SMARTS) is 1. The number of carbonyl (C=O) groups excluding carboxylic acids is 3. The first kappa shape index (κ1) is 23.0. The van der Waals surface area contributed by atoms with Gasteiger partial charge in [-0.05, 0) is 36.1 Å². The number of anilines is 1. The minimum absolute atomic E-state index is 0.0507. The topological polar surface area (TPSA) is 109 Å². The van der Waals surface area contributed by atoms with Crippen LogP contribution in [0.2, 0.25) is 0 Å². The number of para-hydroxylation sites is 2. The van der Waals surface area contributed by atoms with Gasteiger partial charge in [-0.3, -0.25) is 29.1 Å². The van der Waals surface area contributed by atoms with Crippen LogP contribution in [0.25, 0.3) is 10.9 Å². The first-order chi connectivity index (χ1) is 16.7. The maximum absolute atomic E-state index is 13.9. The molecule has 4 atom stereocenters. The minimum atomic E-state index is -1.63. The molecule has 0 bridgehead atoms. The SMILES string of the molecule is CC(=O)n1cc(C2NC(CC(C)C)(C(=O)O)C3C(=O)N(c4ccccc4)C(=O)C23)c2ccccc21. The summed E-state index contributed by atoms with van der Waals surface area (Å²) in [5.74, 6) is -4.37. The average molecular weight is 474 g/mol. The second-order valence-electron chi connectivity index (χ2n) is 9.84. The average Bonchev–Trinajstić information content (AvgIpc) is 3.44. The van der Waals surface area contributed by atoms with Crippen LogP contribution in [0.3, 0.4) is 0 Å². The molecule has 1 aromatic heterocycles. The molecule has 8 nitrogen and oxygen atoms in total. The van der Waals surface area contributed by atoms with Crippen molar-refractivity contribution in [3.05, 3.63) is 66.4 Å². The maximum atomic E-state index is 13.9. The molecule has 3 aromatic rings. The molecule has 2 amide bonds. The van der Waals surface area contributed by atoms with Gasteiger partial charge in [0.1, 0.15) is 5.54 Å². The molecular weight excluding hydrogens is 446 g/mol. The van der Waals surface area contributed by atoms with Gasteiger partial charge in [0.25, 0.3) is 0 Å². The Morgan fingerprint density at radius 2 is 1.69 bits per heavy atom. The molecule has 180 valence electrons. The fourth-order valence-corrected chi connectivity index (χ4v) is 5.93. The standard InChI is InChI=1S/C27H27N3O5/c1-15(2)13-27(26(34)35)22-21(24(32)30(25(22)33)17-9-5-4-6-10-17)23(28-27)19-14-29(16(3)31)20-12-8-7-11-18(19)20/h4-12,14-15,21-23,28H,13H2,1-3H3,(H,34,35). The van der Waals surface area contributed by atoms with Crippen LogP contribution in [0, 0.1) is 17.8 Å². The van der Waals surface area contributed by atoms with Crippen molar-refractivity contribution in [2.75, 3.05) is 4.90 Å². The van der Waals surface area contributed by atoms with Crippen molar-refractivity contribution >= 4 is 40.3 Å². The van der Waals surface area contributed by atoms with E-state index < -0.39 is 41.2 Å². The molecule has 2 aromatic carbocycles. The van der Waals surface area contributed by atoms with Gasteiger partial charge in [-0.2, -0.15) is 0 Å². The Bertz CT molecular complexity index is 1360. The minimum Gasteiger partial charge on any atom is -0.480 e. The van der Waals surface area contributed by atoms with Gasteiger partial charge < -0.3 is 5.11 Å². The summed E-state index contributed by atoms with van der Waals surface area (Å²) < 4.78 is 1.50. The highest BCUT2D eigenvalue weighted by Crippen LogP contribution is 2.52. The number of imide groups is 1. The van der Waals surface area contributed by atoms with Crippen LogP contribution in [-0.2, 0) is 14.4 Å². The van der Waals surface area contributed by atoms with Crippen molar-refractivity contribution in [3.63, 3.8) is 0 Å². The van der Waals surface area contributed by atoms with Gasteiger partial charge in [0.2, 0.25) is 17.7 Å². The predicted octanol–water partition coefficient (Wildman–Crippen LogP) is 3.62. The zero-order chi connectivity index (χ0) is 25.1. The summed E-state index contributed by atoms with van der Waals surface area (Å²) in [6.45, 7) is 5.24. The highest BCUT2D eigenvalue weighted by molar-refractivity contribution is 6.24. The fourth-order valence-electron chi connectivity index (χ4n) is 5.93. The van der Waals surface area contributed by atoms with Crippen molar-refractivity contribution in [3.8, 4) is 0 Å². The Balaban J connectivity index is 1.73. The molecule has 0 aliphatic carbocycles. The van der Waals surface area contributed by atoms with Crippen LogP contribution in [0.1, 0.15) is 43.6 Å². The third-order valence-corrected chi connectivity index (χ3v) is 7.20. The molecule has 2 aliphatic rings. The molecule has 35 heavy (non-hydrogen) atoms. The van der Waals surface area contributed by atoms with Crippen LogP contribution in [-0.4, -0.2) is 38.9 Å². The van der Waals surface area contributed by atoms with E-state index in [4.69, 9.17) is 0 Å². The van der Waals surface area contributed by atoms with E-state index >= 15 is 0 Å². The van der Waals surface area contributed by atoms with Gasteiger partial charge in [-0.25, -0.2) is 4.90 Å². The number of nitrogens with one attached hydrogen (secondary N) is 1. The van der Waals surface area contributed by atoms with Gasteiger partial charge in [-0.15, -0.1) is 0 Å². The van der Waals surface area contributed by atoms with Crippen molar-refractivity contribution in [2.45, 2.75) is 38.8 Å². The van der Waals surface area contributed by atoms with Gasteiger partial charge in [0, 0.05) is 24.5 Å². The number of carboxylic acids is 1. The summed E-state index contributed by atoms with van der Waals surface area (Å²) in [6, 6.07) is 15.2. The number of hydrogen-bond donors (Lipinski definition) is 2. The quantitative estimate of drug-likeness (QED) is 0.548. The van der Waals surface area contributed by atoms with E-state index in [9.17, 15) is 24.3 Å². The molecule has 2 aliphatic heterocycles. The summed E-state index contributed by atoms with van der Waals surface area (Å²) in [7, 11) is 0. The summed E-state index contributed by atoms with van der Waals surface area (Å²) in [4.78, 5) is 54.0. The van der Waals surface area contributed by atoms with Crippen molar-refractivity contribution in [2.24, 2.45) is 17.8 Å². The van der Waals surface area contributed by atoms with E-state index in [2.05, 4.69) is 5.32 Å². The van der Waals surface area contributed by atoms with Crippen LogP contribution in [0.15, 0.2) is 60.8 Å². The lowest BCUT2D eigenvalue weighted by atomic mass is 9.75. The van der Waals surface area contributed by atoms with Crippen molar-refractivity contribution in [1.29, 1.82) is 0 Å². The molecule has 0 saturated carbocycles. The van der Waals surface area contributed by atoms with Crippen LogP contribution < -0.4 is 10.2 Å². The second-order valence-corrected chi connectivity index (χ2v) is 9.84. The van der Waals surface area contributed by atoms with E-state index in [1.165, 1.54) is 11.5 Å². The normalized spacial score (nSPS) is 26.1. The number of rotatable bonds is 5. The smallest absolute Gasteiger partial charge is 0.324 e. The van der Waals surface area contributed by atoms with E-state index in [1.54, 1.807) is 36.5 Å². The number of nitrogens with zero attached hydrogens (tertiary/aromatic N) is 2. The molecule has 2 fully saturated rings. The number of fused-ring (bicyclic) bond motifs is 2. The lowest BCUT2D eigenvalue weighted by molar-refractivity contribution is -0.149. The monoisotopic (exact) mass is 473 g/mol. The fraction of sp³-hybridized carbons (Fsp3) is 0.333. The third-order valence-electron chi connectivity index (χ3n) is 7.20. The largest absolute Gasteiger partial charge is 0.480 e. The van der Waals surface area contributed by atoms with Crippen LogP contribution in [0.4, 0.5) is 5.69 Å². The molecule has 5 rings (SSSR count). The Morgan fingerprint density at radius 1 is 1.03 bits per heavy atom. The lowest BCUT2D eigenvalue weighted by Gasteiger charge is -2.32. The highest BCUT2D eigenvalue weighted by atomic mass is 16.4. The van der Waals surface area contributed by atoms with Gasteiger partial charge in [0.05, 0.1) is 23.0 Å². The molecule has 3 heterocycles. The van der Waals surface area contributed by atoms with Crippen molar-refractivity contribution in [1.82, 2.24) is 9.88 Å².